The molecule has 0 aliphatic heterocycles. The number of likely N-dealkylation sites (N-methyl/N-ethyl adjacent to an activating group) is 1. The van der Waals surface area contributed by atoms with Crippen LogP contribution in [0.3, 0.4) is 0 Å². The van der Waals surface area contributed by atoms with Crippen molar-refractivity contribution in [2.24, 2.45) is 5.92 Å². The van der Waals surface area contributed by atoms with Gasteiger partial charge >= 0.3 is 5.97 Å². The van der Waals surface area contributed by atoms with Crippen molar-refractivity contribution in [1.29, 1.82) is 0 Å². The van der Waals surface area contributed by atoms with E-state index >= 15 is 0 Å². The fraction of sp³-hybridized carbons (Fsp3) is 0.818. The number of carbonyl (C=O) groups excluding carboxylic acids is 1. The lowest BCUT2D eigenvalue weighted by molar-refractivity contribution is -0.142. The van der Waals surface area contributed by atoms with Gasteiger partial charge in [-0.2, -0.15) is 0 Å². The lowest BCUT2D eigenvalue weighted by atomic mass is 9.98. The summed E-state index contributed by atoms with van der Waals surface area (Å²) in [4.78, 5) is 22.7. The van der Waals surface area contributed by atoms with Gasteiger partial charge in [0.1, 0.15) is 6.04 Å². The second-order valence-corrected chi connectivity index (χ2v) is 4.06. The van der Waals surface area contributed by atoms with Gasteiger partial charge in [-0.1, -0.05) is 20.3 Å². The Morgan fingerprint density at radius 3 is 2.29 bits per heavy atom. The van der Waals surface area contributed by atoms with Gasteiger partial charge < -0.3 is 20.8 Å². The first kappa shape index (κ1) is 15.9. The summed E-state index contributed by atoms with van der Waals surface area (Å²) < 4.78 is 0. The number of carbonyl (C=O) groups is 2. The summed E-state index contributed by atoms with van der Waals surface area (Å²) in [6, 6.07) is -1.45. The summed E-state index contributed by atoms with van der Waals surface area (Å²) in [6.07, 6.45) is 0.828. The molecule has 0 aromatic heterocycles. The summed E-state index contributed by atoms with van der Waals surface area (Å²) in [6.45, 7) is 3.61. The smallest absolute Gasteiger partial charge is 0.326 e. The number of aliphatic carboxylic acids is 1. The molecule has 0 heterocycles. The zero-order valence-electron chi connectivity index (χ0n) is 10.6. The number of rotatable bonds is 8. The quantitative estimate of drug-likeness (QED) is 0.466. The molecule has 6 nitrogen and oxygen atoms in total. The molecular weight excluding hydrogens is 224 g/mol. The van der Waals surface area contributed by atoms with Gasteiger partial charge in [0.25, 0.3) is 0 Å². The Hall–Kier alpha value is -1.14. The third-order valence-electron chi connectivity index (χ3n) is 2.84. The molecule has 0 rings (SSSR count). The van der Waals surface area contributed by atoms with Crippen molar-refractivity contribution in [3.05, 3.63) is 0 Å². The number of aliphatic hydroxyl groups excluding tert-OH is 1. The van der Waals surface area contributed by atoms with Crippen LogP contribution in [0.25, 0.3) is 0 Å². The molecule has 100 valence electrons. The van der Waals surface area contributed by atoms with Gasteiger partial charge in [0, 0.05) is 13.0 Å². The Bertz CT molecular complexity index is 258. The van der Waals surface area contributed by atoms with Crippen LogP contribution in [-0.2, 0) is 9.59 Å². The highest BCUT2D eigenvalue weighted by Crippen LogP contribution is 2.08. The minimum absolute atomic E-state index is 0.0119. The maximum Gasteiger partial charge on any atom is 0.326 e. The summed E-state index contributed by atoms with van der Waals surface area (Å²) >= 11 is 0. The van der Waals surface area contributed by atoms with E-state index in [0.29, 0.717) is 0 Å². The van der Waals surface area contributed by atoms with Gasteiger partial charge in [0.15, 0.2) is 0 Å². The first-order valence-corrected chi connectivity index (χ1v) is 5.79. The van der Waals surface area contributed by atoms with Crippen LogP contribution in [0, 0.1) is 5.92 Å². The van der Waals surface area contributed by atoms with E-state index in [1.54, 1.807) is 7.05 Å². The SMILES string of the molecule is CC[C@H](C)[C@H](NC)C(=O)N[C@@H](CCO)C(=O)O. The van der Waals surface area contributed by atoms with E-state index in [2.05, 4.69) is 10.6 Å². The molecule has 0 unspecified atom stereocenters. The molecule has 0 saturated heterocycles. The first-order valence-electron chi connectivity index (χ1n) is 5.79. The minimum Gasteiger partial charge on any atom is -0.480 e. The average Bonchev–Trinajstić information content (AvgIpc) is 2.28. The highest BCUT2D eigenvalue weighted by Gasteiger charge is 2.26. The van der Waals surface area contributed by atoms with Crippen molar-refractivity contribution in [2.75, 3.05) is 13.7 Å². The van der Waals surface area contributed by atoms with Gasteiger partial charge in [0.2, 0.25) is 5.91 Å². The van der Waals surface area contributed by atoms with Crippen LogP contribution in [0.15, 0.2) is 0 Å². The van der Waals surface area contributed by atoms with Crippen LogP contribution >= 0.6 is 0 Å². The number of hydrogen-bond acceptors (Lipinski definition) is 4. The van der Waals surface area contributed by atoms with Gasteiger partial charge in [-0.05, 0) is 13.0 Å². The minimum atomic E-state index is -1.13. The average molecular weight is 246 g/mol. The molecule has 17 heavy (non-hydrogen) atoms. The molecule has 0 aliphatic carbocycles. The van der Waals surface area contributed by atoms with Crippen LogP contribution in [0.5, 0.6) is 0 Å². The Morgan fingerprint density at radius 1 is 1.35 bits per heavy atom. The molecule has 0 bridgehead atoms. The Morgan fingerprint density at radius 2 is 1.94 bits per heavy atom. The molecule has 0 saturated carbocycles. The molecule has 0 spiro atoms. The van der Waals surface area contributed by atoms with Gasteiger partial charge in [-0.25, -0.2) is 4.79 Å². The standard InChI is InChI=1S/C11H22N2O4/c1-4-7(2)9(12-3)10(15)13-8(5-6-14)11(16)17/h7-9,12,14H,4-6H2,1-3H3,(H,13,15)(H,16,17)/t7-,8-,9-/m0/s1. The largest absolute Gasteiger partial charge is 0.480 e. The molecule has 3 atom stereocenters. The Labute approximate surface area is 101 Å². The molecule has 0 aliphatic rings. The number of amides is 1. The second-order valence-electron chi connectivity index (χ2n) is 4.06. The van der Waals surface area contributed by atoms with E-state index in [-0.39, 0.29) is 24.9 Å². The highest BCUT2D eigenvalue weighted by molar-refractivity contribution is 5.87. The molecule has 0 aromatic carbocycles. The van der Waals surface area contributed by atoms with Crippen LogP contribution in [-0.4, -0.2) is 47.8 Å². The van der Waals surface area contributed by atoms with Crippen LogP contribution < -0.4 is 10.6 Å². The lowest BCUT2D eigenvalue weighted by Crippen LogP contribution is -2.52. The number of hydrogen-bond donors (Lipinski definition) is 4. The van der Waals surface area contributed by atoms with Crippen LogP contribution in [0.1, 0.15) is 26.7 Å². The van der Waals surface area contributed by atoms with Crippen LogP contribution in [0.4, 0.5) is 0 Å². The maximum atomic E-state index is 11.8. The van der Waals surface area contributed by atoms with Crippen molar-refractivity contribution < 1.29 is 19.8 Å². The molecule has 4 N–H and O–H groups in total. The van der Waals surface area contributed by atoms with E-state index < -0.39 is 18.1 Å². The zero-order chi connectivity index (χ0) is 13.4. The van der Waals surface area contributed by atoms with Crippen molar-refractivity contribution in [3.63, 3.8) is 0 Å². The van der Waals surface area contributed by atoms with Crippen molar-refractivity contribution in [1.82, 2.24) is 10.6 Å². The van der Waals surface area contributed by atoms with Crippen molar-refractivity contribution in [2.45, 2.75) is 38.8 Å². The molecule has 0 fully saturated rings. The molecular formula is C11H22N2O4. The molecule has 0 aromatic rings. The monoisotopic (exact) mass is 246 g/mol. The highest BCUT2D eigenvalue weighted by atomic mass is 16.4. The Balaban J connectivity index is 4.51. The summed E-state index contributed by atoms with van der Waals surface area (Å²) in [5.74, 6) is -1.36. The number of nitrogens with one attached hydrogen (secondary N) is 2. The van der Waals surface area contributed by atoms with E-state index in [1.165, 1.54) is 0 Å². The van der Waals surface area contributed by atoms with E-state index in [0.717, 1.165) is 6.42 Å². The molecule has 1 amide bonds. The third kappa shape index (κ3) is 5.14. The first-order chi connectivity index (χ1) is 7.97. The van der Waals surface area contributed by atoms with Gasteiger partial charge in [0.05, 0.1) is 6.04 Å². The second kappa shape index (κ2) is 8.03. The van der Waals surface area contributed by atoms with E-state index in [4.69, 9.17) is 10.2 Å². The van der Waals surface area contributed by atoms with Gasteiger partial charge in [-0.15, -0.1) is 0 Å². The third-order valence-corrected chi connectivity index (χ3v) is 2.84. The van der Waals surface area contributed by atoms with Crippen LogP contribution in [0.2, 0.25) is 0 Å². The number of carboxylic acid groups (broad SMARTS) is 1. The summed E-state index contributed by atoms with van der Waals surface area (Å²) in [7, 11) is 1.66. The predicted molar refractivity (Wildman–Crippen MR) is 63.6 cm³/mol. The van der Waals surface area contributed by atoms with Gasteiger partial charge in [-0.3, -0.25) is 4.79 Å². The zero-order valence-corrected chi connectivity index (χ0v) is 10.6. The maximum absolute atomic E-state index is 11.8. The fourth-order valence-electron chi connectivity index (χ4n) is 1.56. The molecule has 0 radical (unpaired) electrons. The predicted octanol–water partition coefficient (Wildman–Crippen LogP) is -0.428. The van der Waals surface area contributed by atoms with Crippen molar-refractivity contribution in [3.8, 4) is 0 Å². The summed E-state index contributed by atoms with van der Waals surface area (Å²) in [5.41, 5.74) is 0. The fourth-order valence-corrected chi connectivity index (χ4v) is 1.56. The topological polar surface area (TPSA) is 98.7 Å². The Kier molecular flexibility index (Phi) is 7.49. The molecule has 6 heteroatoms. The van der Waals surface area contributed by atoms with Crippen molar-refractivity contribution >= 4 is 11.9 Å². The normalized spacial score (nSPS) is 16.0. The van der Waals surface area contributed by atoms with E-state index in [9.17, 15) is 9.59 Å². The number of carboxylic acids is 1. The number of aliphatic hydroxyl groups is 1. The lowest BCUT2D eigenvalue weighted by Gasteiger charge is -2.23. The van der Waals surface area contributed by atoms with E-state index in [1.807, 2.05) is 13.8 Å². The summed E-state index contributed by atoms with van der Waals surface area (Å²) in [5, 5.41) is 22.9.